The molecule has 2 aromatic rings. The smallest absolute Gasteiger partial charge is 0.249 e. The van der Waals surface area contributed by atoms with Crippen LogP contribution in [0.2, 0.25) is 0 Å². The number of amides is 2. The molecule has 136 valence electrons. The van der Waals surface area contributed by atoms with E-state index in [1.165, 1.54) is 26.5 Å². The highest BCUT2D eigenvalue weighted by Crippen LogP contribution is 2.25. The summed E-state index contributed by atoms with van der Waals surface area (Å²) >= 11 is 0. The number of ether oxygens (including phenoxy) is 2. The van der Waals surface area contributed by atoms with Gasteiger partial charge in [0.2, 0.25) is 11.8 Å². The molecule has 2 aromatic carbocycles. The number of rotatable bonds is 7. The Kier molecular flexibility index (Phi) is 6.55. The SMILES string of the molecule is COc1cccc(NC(=O)CC(=O)NN=Cc2ccc(O)c(OC)c2)c1. The van der Waals surface area contributed by atoms with E-state index in [2.05, 4.69) is 15.8 Å². The molecule has 26 heavy (non-hydrogen) atoms. The summed E-state index contributed by atoms with van der Waals surface area (Å²) in [6.45, 7) is 0. The fraction of sp³-hybridized carbons (Fsp3) is 0.167. The molecule has 8 nitrogen and oxygen atoms in total. The molecular formula is C18H19N3O5. The maximum Gasteiger partial charge on any atom is 0.249 e. The Bertz CT molecular complexity index is 820. The third-order valence-corrected chi connectivity index (χ3v) is 3.28. The van der Waals surface area contributed by atoms with Gasteiger partial charge in [-0.3, -0.25) is 9.59 Å². The van der Waals surface area contributed by atoms with Gasteiger partial charge in [-0.25, -0.2) is 5.43 Å². The lowest BCUT2D eigenvalue weighted by Crippen LogP contribution is -2.24. The van der Waals surface area contributed by atoms with Crippen molar-refractivity contribution in [1.82, 2.24) is 5.43 Å². The quantitative estimate of drug-likeness (QED) is 0.398. The van der Waals surface area contributed by atoms with Crippen LogP contribution in [0.15, 0.2) is 47.6 Å². The summed E-state index contributed by atoms with van der Waals surface area (Å²) < 4.78 is 10.0. The average molecular weight is 357 g/mol. The van der Waals surface area contributed by atoms with Gasteiger partial charge in [0.15, 0.2) is 11.5 Å². The van der Waals surface area contributed by atoms with Gasteiger partial charge in [0, 0.05) is 11.8 Å². The average Bonchev–Trinajstić information content (AvgIpc) is 2.63. The van der Waals surface area contributed by atoms with Gasteiger partial charge in [-0.15, -0.1) is 0 Å². The van der Waals surface area contributed by atoms with Crippen LogP contribution in [-0.4, -0.2) is 37.4 Å². The fourth-order valence-electron chi connectivity index (χ4n) is 2.04. The summed E-state index contributed by atoms with van der Waals surface area (Å²) in [5.41, 5.74) is 3.41. The monoisotopic (exact) mass is 357 g/mol. The highest BCUT2D eigenvalue weighted by Gasteiger charge is 2.09. The number of phenolic OH excluding ortho intramolecular Hbond substituents is 1. The number of nitrogens with one attached hydrogen (secondary N) is 2. The third kappa shape index (κ3) is 5.52. The van der Waals surface area contributed by atoms with E-state index in [0.717, 1.165) is 0 Å². The van der Waals surface area contributed by atoms with E-state index < -0.39 is 11.8 Å². The number of phenols is 1. The fourth-order valence-corrected chi connectivity index (χ4v) is 2.04. The van der Waals surface area contributed by atoms with Crippen molar-refractivity contribution in [3.05, 3.63) is 48.0 Å². The van der Waals surface area contributed by atoms with Crippen molar-refractivity contribution in [3.8, 4) is 17.2 Å². The van der Waals surface area contributed by atoms with E-state index in [1.807, 2.05) is 0 Å². The molecule has 0 atom stereocenters. The number of carbonyl (C=O) groups is 2. The number of carbonyl (C=O) groups excluding carboxylic acids is 2. The van der Waals surface area contributed by atoms with Crippen LogP contribution >= 0.6 is 0 Å². The lowest BCUT2D eigenvalue weighted by Gasteiger charge is -2.06. The summed E-state index contributed by atoms with van der Waals surface area (Å²) in [5.74, 6) is -0.147. The number of hydrazone groups is 1. The summed E-state index contributed by atoms with van der Waals surface area (Å²) in [6.07, 6.45) is 0.993. The minimum absolute atomic E-state index is 0.00268. The lowest BCUT2D eigenvalue weighted by molar-refractivity contribution is -0.126. The first-order chi connectivity index (χ1) is 12.5. The number of hydrogen-bond acceptors (Lipinski definition) is 6. The van der Waals surface area contributed by atoms with E-state index in [9.17, 15) is 14.7 Å². The Labute approximate surface area is 150 Å². The van der Waals surface area contributed by atoms with Crippen molar-refractivity contribution in [2.45, 2.75) is 6.42 Å². The van der Waals surface area contributed by atoms with Crippen LogP contribution in [0.1, 0.15) is 12.0 Å². The molecule has 8 heteroatoms. The molecule has 0 aromatic heterocycles. The normalized spacial score (nSPS) is 10.4. The van der Waals surface area contributed by atoms with Crippen LogP contribution < -0.4 is 20.2 Å². The van der Waals surface area contributed by atoms with Crippen LogP contribution in [0.3, 0.4) is 0 Å². The molecular weight excluding hydrogens is 338 g/mol. The minimum atomic E-state index is -0.563. The molecule has 0 aliphatic rings. The Balaban J connectivity index is 1.85. The molecule has 0 saturated carbocycles. The van der Waals surface area contributed by atoms with E-state index in [0.29, 0.717) is 17.0 Å². The summed E-state index contributed by atoms with van der Waals surface area (Å²) in [5, 5.41) is 15.9. The van der Waals surface area contributed by atoms with Gasteiger partial charge in [-0.2, -0.15) is 5.10 Å². The molecule has 0 saturated heterocycles. The van der Waals surface area contributed by atoms with Gasteiger partial charge < -0.3 is 19.9 Å². The number of methoxy groups -OCH3 is 2. The number of hydrogen-bond donors (Lipinski definition) is 3. The molecule has 3 N–H and O–H groups in total. The van der Waals surface area contributed by atoms with Crippen LogP contribution in [0, 0.1) is 0 Å². The van der Waals surface area contributed by atoms with Crippen molar-refractivity contribution < 1.29 is 24.2 Å². The zero-order chi connectivity index (χ0) is 18.9. The van der Waals surface area contributed by atoms with Crippen molar-refractivity contribution >= 4 is 23.7 Å². The predicted molar refractivity (Wildman–Crippen MR) is 96.6 cm³/mol. The predicted octanol–water partition coefficient (Wildman–Crippen LogP) is 1.89. The Morgan fingerprint density at radius 2 is 1.92 bits per heavy atom. The zero-order valence-electron chi connectivity index (χ0n) is 14.4. The second kappa shape index (κ2) is 9.07. The van der Waals surface area contributed by atoms with Crippen molar-refractivity contribution in [3.63, 3.8) is 0 Å². The first-order valence-corrected chi connectivity index (χ1v) is 7.64. The van der Waals surface area contributed by atoms with Gasteiger partial charge in [-0.1, -0.05) is 6.07 Å². The molecule has 0 radical (unpaired) electrons. The van der Waals surface area contributed by atoms with Crippen LogP contribution in [0.5, 0.6) is 17.2 Å². The molecule has 2 amide bonds. The van der Waals surface area contributed by atoms with Gasteiger partial charge >= 0.3 is 0 Å². The van der Waals surface area contributed by atoms with Crippen LogP contribution in [0.4, 0.5) is 5.69 Å². The van der Waals surface area contributed by atoms with Crippen molar-refractivity contribution in [2.24, 2.45) is 5.10 Å². The molecule has 0 aliphatic heterocycles. The van der Waals surface area contributed by atoms with E-state index in [1.54, 1.807) is 36.4 Å². The topological polar surface area (TPSA) is 109 Å². The Hall–Kier alpha value is -3.55. The van der Waals surface area contributed by atoms with Crippen molar-refractivity contribution in [2.75, 3.05) is 19.5 Å². The molecule has 0 unspecified atom stereocenters. The molecule has 0 bridgehead atoms. The maximum atomic E-state index is 11.9. The van der Waals surface area contributed by atoms with Crippen LogP contribution in [0.25, 0.3) is 0 Å². The third-order valence-electron chi connectivity index (χ3n) is 3.28. The first kappa shape index (κ1) is 18.8. The summed E-state index contributed by atoms with van der Waals surface area (Å²) in [6, 6.07) is 11.4. The summed E-state index contributed by atoms with van der Waals surface area (Å²) in [7, 11) is 2.95. The second-order valence-corrected chi connectivity index (χ2v) is 5.18. The second-order valence-electron chi connectivity index (χ2n) is 5.18. The molecule has 0 fully saturated rings. The van der Waals surface area contributed by atoms with Gasteiger partial charge in [0.05, 0.1) is 20.4 Å². The largest absolute Gasteiger partial charge is 0.504 e. The molecule has 0 aliphatic carbocycles. The van der Waals surface area contributed by atoms with Gasteiger partial charge in [0.25, 0.3) is 0 Å². The van der Waals surface area contributed by atoms with Gasteiger partial charge in [-0.05, 0) is 35.9 Å². The number of nitrogens with zero attached hydrogens (tertiary/aromatic N) is 1. The number of anilines is 1. The highest BCUT2D eigenvalue weighted by atomic mass is 16.5. The number of benzene rings is 2. The Morgan fingerprint density at radius 1 is 1.12 bits per heavy atom. The van der Waals surface area contributed by atoms with Crippen molar-refractivity contribution in [1.29, 1.82) is 0 Å². The highest BCUT2D eigenvalue weighted by molar-refractivity contribution is 6.03. The minimum Gasteiger partial charge on any atom is -0.504 e. The molecule has 0 spiro atoms. The van der Waals surface area contributed by atoms with E-state index in [-0.39, 0.29) is 17.9 Å². The van der Waals surface area contributed by atoms with E-state index in [4.69, 9.17) is 9.47 Å². The van der Waals surface area contributed by atoms with Crippen LogP contribution in [-0.2, 0) is 9.59 Å². The maximum absolute atomic E-state index is 11.9. The molecule has 0 heterocycles. The lowest BCUT2D eigenvalue weighted by atomic mass is 10.2. The zero-order valence-corrected chi connectivity index (χ0v) is 14.4. The summed E-state index contributed by atoms with van der Waals surface area (Å²) in [4.78, 5) is 23.6. The molecule has 2 rings (SSSR count). The first-order valence-electron chi connectivity index (χ1n) is 7.64. The van der Waals surface area contributed by atoms with Gasteiger partial charge in [0.1, 0.15) is 12.2 Å². The number of aromatic hydroxyl groups is 1. The Morgan fingerprint density at radius 3 is 2.65 bits per heavy atom. The standard InChI is InChI=1S/C18H19N3O5/c1-25-14-5-3-4-13(9-14)20-17(23)10-18(24)21-19-11-12-6-7-15(22)16(8-12)26-2/h3-9,11,22H,10H2,1-2H3,(H,20,23)(H,21,24). The van der Waals surface area contributed by atoms with E-state index >= 15 is 0 Å².